The Labute approximate surface area is 105 Å². The van der Waals surface area contributed by atoms with Gasteiger partial charge in [-0.1, -0.05) is 6.07 Å². The lowest BCUT2D eigenvalue weighted by Gasteiger charge is -2.21. The number of hydrogen-bond acceptors (Lipinski definition) is 4. The molecule has 2 aliphatic rings. The van der Waals surface area contributed by atoms with E-state index in [0.29, 0.717) is 23.2 Å². The number of rotatable bonds is 1. The molecule has 5 heteroatoms. The maximum atomic E-state index is 12.3. The van der Waals surface area contributed by atoms with Crippen LogP contribution in [0.3, 0.4) is 0 Å². The second-order valence-electron chi connectivity index (χ2n) is 4.98. The van der Waals surface area contributed by atoms with Crippen LogP contribution in [0.2, 0.25) is 0 Å². The molecule has 2 unspecified atom stereocenters. The van der Waals surface area contributed by atoms with Crippen molar-refractivity contribution in [2.24, 2.45) is 5.73 Å². The van der Waals surface area contributed by atoms with Gasteiger partial charge in [0.1, 0.15) is 0 Å². The second-order valence-corrected chi connectivity index (χ2v) is 4.98. The number of amides is 2. The zero-order valence-electron chi connectivity index (χ0n) is 9.93. The Kier molecular flexibility index (Phi) is 2.38. The third kappa shape index (κ3) is 1.44. The summed E-state index contributed by atoms with van der Waals surface area (Å²) in [6.07, 6.45) is 2.32. The van der Waals surface area contributed by atoms with E-state index >= 15 is 0 Å². The van der Waals surface area contributed by atoms with E-state index in [0.717, 1.165) is 12.8 Å². The van der Waals surface area contributed by atoms with Gasteiger partial charge in [0, 0.05) is 17.8 Å². The van der Waals surface area contributed by atoms with E-state index in [1.165, 1.54) is 4.90 Å². The maximum absolute atomic E-state index is 12.3. The van der Waals surface area contributed by atoms with Gasteiger partial charge in [0.15, 0.2) is 0 Å². The summed E-state index contributed by atoms with van der Waals surface area (Å²) in [7, 11) is 0. The topological polar surface area (TPSA) is 89.4 Å². The van der Waals surface area contributed by atoms with Crippen molar-refractivity contribution in [1.29, 1.82) is 0 Å². The zero-order valence-corrected chi connectivity index (χ0v) is 9.93. The summed E-state index contributed by atoms with van der Waals surface area (Å²) in [6.45, 7) is 0. The van der Waals surface area contributed by atoms with E-state index in [1.807, 2.05) is 0 Å². The first kappa shape index (κ1) is 11.2. The first-order valence-electron chi connectivity index (χ1n) is 6.11. The first-order chi connectivity index (χ1) is 8.59. The van der Waals surface area contributed by atoms with Crippen LogP contribution in [0.4, 0.5) is 5.69 Å². The van der Waals surface area contributed by atoms with E-state index in [1.54, 1.807) is 18.2 Å². The van der Waals surface area contributed by atoms with Gasteiger partial charge in [0.25, 0.3) is 11.8 Å². The normalized spacial score (nSPS) is 26.8. The number of carbonyl (C=O) groups is 2. The first-order valence-corrected chi connectivity index (χ1v) is 6.11. The molecule has 1 fully saturated rings. The highest BCUT2D eigenvalue weighted by Gasteiger charge is 2.42. The van der Waals surface area contributed by atoms with Gasteiger partial charge >= 0.3 is 0 Å². The minimum Gasteiger partial charge on any atom is -0.398 e. The Bertz CT molecular complexity index is 541. The molecule has 1 heterocycles. The van der Waals surface area contributed by atoms with Gasteiger partial charge in [-0.05, 0) is 31.4 Å². The van der Waals surface area contributed by atoms with Crippen LogP contribution < -0.4 is 11.5 Å². The summed E-state index contributed by atoms with van der Waals surface area (Å²) in [5, 5.41) is 0. The molecule has 1 saturated carbocycles. The minimum atomic E-state index is -0.271. The predicted octanol–water partition coefficient (Wildman–Crippen LogP) is 0.745. The summed E-state index contributed by atoms with van der Waals surface area (Å²) in [5.74, 6) is -0.506. The molecule has 1 aliphatic heterocycles. The number of nitrogens with zero attached hydrogens (tertiary/aromatic N) is 1. The molecule has 0 saturated heterocycles. The summed E-state index contributed by atoms with van der Waals surface area (Å²) in [4.78, 5) is 25.9. The summed E-state index contributed by atoms with van der Waals surface area (Å²) in [5.41, 5.74) is 12.8. The van der Waals surface area contributed by atoms with Crippen molar-refractivity contribution in [2.75, 3.05) is 5.73 Å². The van der Waals surface area contributed by atoms with Gasteiger partial charge in [0.05, 0.1) is 11.1 Å². The van der Waals surface area contributed by atoms with Gasteiger partial charge in [-0.25, -0.2) is 0 Å². The van der Waals surface area contributed by atoms with Gasteiger partial charge in [-0.15, -0.1) is 0 Å². The molecule has 0 aromatic heterocycles. The molecule has 1 aromatic rings. The molecule has 3 rings (SSSR count). The van der Waals surface area contributed by atoms with Crippen LogP contribution in [0.25, 0.3) is 0 Å². The highest BCUT2D eigenvalue weighted by atomic mass is 16.2. The van der Waals surface area contributed by atoms with Crippen LogP contribution in [0, 0.1) is 0 Å². The van der Waals surface area contributed by atoms with Crippen LogP contribution >= 0.6 is 0 Å². The Morgan fingerprint density at radius 3 is 2.56 bits per heavy atom. The third-order valence-corrected chi connectivity index (χ3v) is 3.79. The van der Waals surface area contributed by atoms with Crippen molar-refractivity contribution < 1.29 is 9.59 Å². The Morgan fingerprint density at radius 1 is 1.17 bits per heavy atom. The number of benzene rings is 1. The Morgan fingerprint density at radius 2 is 1.94 bits per heavy atom. The molecule has 18 heavy (non-hydrogen) atoms. The van der Waals surface area contributed by atoms with Crippen molar-refractivity contribution in [2.45, 2.75) is 31.3 Å². The van der Waals surface area contributed by atoms with Crippen molar-refractivity contribution in [3.05, 3.63) is 29.3 Å². The molecule has 2 amide bonds. The SMILES string of the molecule is Nc1cccc2c1C(=O)N(C1CCC(N)C1)C2=O. The summed E-state index contributed by atoms with van der Waals surface area (Å²) < 4.78 is 0. The molecular formula is C13H15N3O2. The fraction of sp³-hybridized carbons (Fsp3) is 0.385. The number of carbonyl (C=O) groups excluding carboxylic acids is 2. The maximum Gasteiger partial charge on any atom is 0.263 e. The largest absolute Gasteiger partial charge is 0.398 e. The molecular weight excluding hydrogens is 230 g/mol. The van der Waals surface area contributed by atoms with Crippen LogP contribution in [0.15, 0.2) is 18.2 Å². The molecule has 5 nitrogen and oxygen atoms in total. The van der Waals surface area contributed by atoms with Crippen molar-refractivity contribution in [3.63, 3.8) is 0 Å². The van der Waals surface area contributed by atoms with Crippen LogP contribution in [0.1, 0.15) is 40.0 Å². The van der Waals surface area contributed by atoms with E-state index < -0.39 is 0 Å². The second kappa shape index (κ2) is 3.81. The lowest BCUT2D eigenvalue weighted by molar-refractivity contribution is 0.0587. The number of fused-ring (bicyclic) bond motifs is 1. The third-order valence-electron chi connectivity index (χ3n) is 3.79. The molecule has 0 bridgehead atoms. The van der Waals surface area contributed by atoms with Crippen molar-refractivity contribution in [3.8, 4) is 0 Å². The van der Waals surface area contributed by atoms with Gasteiger partial charge in [-0.2, -0.15) is 0 Å². The fourth-order valence-corrected chi connectivity index (χ4v) is 2.89. The van der Waals surface area contributed by atoms with E-state index in [2.05, 4.69) is 0 Å². The van der Waals surface area contributed by atoms with E-state index in [-0.39, 0.29) is 23.9 Å². The molecule has 0 radical (unpaired) electrons. The lowest BCUT2D eigenvalue weighted by atomic mass is 10.1. The van der Waals surface area contributed by atoms with Gasteiger partial charge in [0.2, 0.25) is 0 Å². The highest BCUT2D eigenvalue weighted by Crippen LogP contribution is 2.33. The molecule has 0 spiro atoms. The number of imide groups is 1. The predicted molar refractivity (Wildman–Crippen MR) is 67.0 cm³/mol. The molecule has 4 N–H and O–H groups in total. The lowest BCUT2D eigenvalue weighted by Crippen LogP contribution is -2.39. The summed E-state index contributed by atoms with van der Waals surface area (Å²) >= 11 is 0. The number of nitrogen functional groups attached to an aromatic ring is 1. The standard InChI is InChI=1S/C13H15N3O2/c14-7-4-5-8(6-7)16-12(17)9-2-1-3-10(15)11(9)13(16)18/h1-3,7-8H,4-6,14-15H2. The quantitative estimate of drug-likeness (QED) is 0.564. The Hall–Kier alpha value is -1.88. The van der Waals surface area contributed by atoms with E-state index in [9.17, 15) is 9.59 Å². The van der Waals surface area contributed by atoms with Crippen LogP contribution in [-0.4, -0.2) is 28.8 Å². The molecule has 2 atom stereocenters. The average molecular weight is 245 g/mol. The Balaban J connectivity index is 2.00. The number of nitrogens with two attached hydrogens (primary N) is 2. The highest BCUT2D eigenvalue weighted by molar-refractivity contribution is 6.23. The molecule has 1 aliphatic carbocycles. The van der Waals surface area contributed by atoms with E-state index in [4.69, 9.17) is 11.5 Å². The number of hydrogen-bond donors (Lipinski definition) is 2. The molecule has 1 aromatic carbocycles. The fourth-order valence-electron chi connectivity index (χ4n) is 2.89. The number of anilines is 1. The average Bonchev–Trinajstić information content (AvgIpc) is 2.84. The van der Waals surface area contributed by atoms with Gasteiger partial charge < -0.3 is 11.5 Å². The van der Waals surface area contributed by atoms with Crippen molar-refractivity contribution in [1.82, 2.24) is 4.90 Å². The minimum absolute atomic E-state index is 0.0770. The van der Waals surface area contributed by atoms with Crippen LogP contribution in [0.5, 0.6) is 0 Å². The van der Waals surface area contributed by atoms with Crippen LogP contribution in [-0.2, 0) is 0 Å². The smallest absolute Gasteiger partial charge is 0.263 e. The zero-order chi connectivity index (χ0) is 12.9. The summed E-state index contributed by atoms with van der Waals surface area (Å²) in [6, 6.07) is 5.00. The monoisotopic (exact) mass is 245 g/mol. The molecule has 94 valence electrons. The van der Waals surface area contributed by atoms with Gasteiger partial charge in [-0.3, -0.25) is 14.5 Å². The van der Waals surface area contributed by atoms with Crippen molar-refractivity contribution >= 4 is 17.5 Å².